The number of rotatable bonds is 10. The third kappa shape index (κ3) is 5.60. The number of hydrazine groups is 1. The van der Waals surface area contributed by atoms with Gasteiger partial charge in [0.1, 0.15) is 0 Å². The van der Waals surface area contributed by atoms with Crippen LogP contribution in [0.2, 0.25) is 0 Å². The van der Waals surface area contributed by atoms with Crippen molar-refractivity contribution in [3.8, 4) is 11.3 Å². The molecule has 3 rings (SSSR count). The Morgan fingerprint density at radius 1 is 1.14 bits per heavy atom. The number of hydrogen-bond acceptors (Lipinski definition) is 6. The highest BCUT2D eigenvalue weighted by Crippen LogP contribution is 2.30. The van der Waals surface area contributed by atoms with Crippen LogP contribution in [-0.2, 0) is 16.1 Å². The van der Waals surface area contributed by atoms with E-state index in [-0.39, 0.29) is 5.97 Å². The van der Waals surface area contributed by atoms with Crippen LogP contribution in [-0.4, -0.2) is 22.6 Å². The van der Waals surface area contributed by atoms with Crippen molar-refractivity contribution in [3.05, 3.63) is 53.2 Å². The Hall–Kier alpha value is -2.80. The smallest absolute Gasteiger partial charge is 0.305 e. The van der Waals surface area contributed by atoms with Gasteiger partial charge in [-0.3, -0.25) is 15.6 Å². The summed E-state index contributed by atoms with van der Waals surface area (Å²) in [5, 5.41) is 2.91. The van der Waals surface area contributed by atoms with Gasteiger partial charge < -0.3 is 9.30 Å². The Kier molecular flexibility index (Phi) is 7.30. The molecule has 0 spiro atoms. The minimum absolute atomic E-state index is 0.129. The molecule has 2 heterocycles. The molecular weight excluding hydrogens is 384 g/mol. The molecule has 0 fully saturated rings. The van der Waals surface area contributed by atoms with Crippen molar-refractivity contribution >= 4 is 28.1 Å². The molecule has 29 heavy (non-hydrogen) atoms. The van der Waals surface area contributed by atoms with Crippen molar-refractivity contribution in [2.45, 2.75) is 46.1 Å². The molecule has 7 heteroatoms. The van der Waals surface area contributed by atoms with Crippen LogP contribution in [0.1, 0.15) is 37.1 Å². The number of benzene rings is 1. The van der Waals surface area contributed by atoms with E-state index in [0.29, 0.717) is 6.42 Å². The number of anilines is 2. The van der Waals surface area contributed by atoms with Crippen molar-refractivity contribution in [1.29, 1.82) is 0 Å². The van der Waals surface area contributed by atoms with Gasteiger partial charge in [-0.15, -0.1) is 11.3 Å². The number of thiazole rings is 1. The van der Waals surface area contributed by atoms with E-state index in [2.05, 4.69) is 40.7 Å². The molecular formula is C22H28N4O2S. The number of nitrogens with zero attached hydrogens (tertiary/aromatic N) is 2. The van der Waals surface area contributed by atoms with Crippen LogP contribution in [0, 0.1) is 13.8 Å². The lowest BCUT2D eigenvalue weighted by molar-refractivity contribution is -0.140. The van der Waals surface area contributed by atoms with Crippen LogP contribution < -0.4 is 10.9 Å². The first-order valence-corrected chi connectivity index (χ1v) is 10.7. The maximum atomic E-state index is 11.2. The second-order valence-electron chi connectivity index (χ2n) is 6.98. The Morgan fingerprint density at radius 3 is 2.69 bits per heavy atom. The first-order chi connectivity index (χ1) is 14.1. The first-order valence-electron chi connectivity index (χ1n) is 9.85. The number of nitrogens with one attached hydrogen (secondary N) is 2. The van der Waals surface area contributed by atoms with Gasteiger partial charge in [-0.25, -0.2) is 4.98 Å². The lowest BCUT2D eigenvalue weighted by atomic mass is 10.2. The molecule has 0 aliphatic heterocycles. The van der Waals surface area contributed by atoms with Crippen molar-refractivity contribution in [3.63, 3.8) is 0 Å². The van der Waals surface area contributed by atoms with Crippen molar-refractivity contribution in [1.82, 2.24) is 9.55 Å². The highest BCUT2D eigenvalue weighted by Gasteiger charge is 2.13. The molecule has 6 nitrogen and oxygen atoms in total. The van der Waals surface area contributed by atoms with Crippen LogP contribution in [0.25, 0.3) is 11.3 Å². The third-order valence-corrected chi connectivity index (χ3v) is 5.69. The maximum Gasteiger partial charge on any atom is 0.305 e. The van der Waals surface area contributed by atoms with Gasteiger partial charge in [0.05, 0.1) is 18.5 Å². The summed E-state index contributed by atoms with van der Waals surface area (Å²) in [6, 6.07) is 12.2. The monoisotopic (exact) mass is 412 g/mol. The molecule has 3 aromatic rings. The van der Waals surface area contributed by atoms with Crippen LogP contribution in [0.5, 0.6) is 0 Å². The van der Waals surface area contributed by atoms with Crippen LogP contribution in [0.3, 0.4) is 0 Å². The molecule has 0 radical (unpaired) electrons. The number of unbranched alkanes of at least 4 members (excludes halogenated alkanes) is 2. The summed E-state index contributed by atoms with van der Waals surface area (Å²) < 4.78 is 7.03. The number of ether oxygens (including phenoxy) is 1. The normalized spacial score (nSPS) is 10.7. The van der Waals surface area contributed by atoms with E-state index in [1.165, 1.54) is 24.1 Å². The molecule has 0 aliphatic carbocycles. The number of hydrogen-bond donors (Lipinski definition) is 2. The fourth-order valence-electron chi connectivity index (χ4n) is 3.32. The van der Waals surface area contributed by atoms with E-state index in [0.717, 1.165) is 42.3 Å². The Labute approximate surface area is 175 Å². The Balaban J connectivity index is 1.58. The van der Waals surface area contributed by atoms with Gasteiger partial charge in [0, 0.05) is 35.3 Å². The zero-order valence-electron chi connectivity index (χ0n) is 17.2. The van der Waals surface area contributed by atoms with E-state index in [9.17, 15) is 4.79 Å². The molecule has 2 aromatic heterocycles. The molecule has 0 amide bonds. The van der Waals surface area contributed by atoms with Crippen molar-refractivity contribution in [2.75, 3.05) is 18.0 Å². The zero-order chi connectivity index (χ0) is 20.6. The number of carbonyl (C=O) groups excluding carboxylic acids is 1. The highest BCUT2D eigenvalue weighted by atomic mass is 32.1. The lowest BCUT2D eigenvalue weighted by Gasteiger charge is -2.09. The summed E-state index contributed by atoms with van der Waals surface area (Å²) in [5.74, 6) is -0.129. The summed E-state index contributed by atoms with van der Waals surface area (Å²) in [6.07, 6.45) is 3.42. The van der Waals surface area contributed by atoms with Gasteiger partial charge in [-0.05, 0) is 44.9 Å². The van der Waals surface area contributed by atoms with Gasteiger partial charge in [-0.2, -0.15) is 0 Å². The largest absolute Gasteiger partial charge is 0.469 e. The number of esters is 1. The fraction of sp³-hybridized carbons (Fsp3) is 0.364. The fourth-order valence-corrected chi connectivity index (χ4v) is 3.99. The molecule has 0 unspecified atom stereocenters. The molecule has 2 N–H and O–H groups in total. The molecule has 154 valence electrons. The summed E-state index contributed by atoms with van der Waals surface area (Å²) in [5.41, 5.74) is 11.9. The number of aryl methyl sites for hydroxylation is 1. The minimum Gasteiger partial charge on any atom is -0.469 e. The van der Waals surface area contributed by atoms with Gasteiger partial charge in [0.2, 0.25) is 5.13 Å². The van der Waals surface area contributed by atoms with Gasteiger partial charge >= 0.3 is 5.97 Å². The summed E-state index contributed by atoms with van der Waals surface area (Å²) in [4.78, 5) is 15.9. The van der Waals surface area contributed by atoms with Gasteiger partial charge in [-0.1, -0.05) is 24.6 Å². The minimum atomic E-state index is -0.129. The van der Waals surface area contributed by atoms with E-state index >= 15 is 0 Å². The quantitative estimate of drug-likeness (QED) is 0.265. The average molecular weight is 413 g/mol. The highest BCUT2D eigenvalue weighted by molar-refractivity contribution is 7.14. The molecule has 0 bridgehead atoms. The van der Waals surface area contributed by atoms with Crippen LogP contribution in [0.15, 0.2) is 41.8 Å². The third-order valence-electron chi connectivity index (χ3n) is 4.93. The van der Waals surface area contributed by atoms with E-state index in [1.54, 1.807) is 11.3 Å². The molecule has 0 saturated heterocycles. The summed E-state index contributed by atoms with van der Waals surface area (Å²) in [7, 11) is 1.44. The molecule has 0 aliphatic rings. The second-order valence-corrected chi connectivity index (χ2v) is 7.84. The number of para-hydroxylation sites is 1. The summed E-state index contributed by atoms with van der Waals surface area (Å²) >= 11 is 1.58. The predicted octanol–water partition coefficient (Wildman–Crippen LogP) is 5.40. The second kappa shape index (κ2) is 10.1. The first kappa shape index (κ1) is 20.9. The van der Waals surface area contributed by atoms with Crippen LogP contribution >= 0.6 is 11.3 Å². The number of aromatic nitrogens is 2. The number of methoxy groups -OCH3 is 1. The summed E-state index contributed by atoms with van der Waals surface area (Å²) in [6.45, 7) is 5.22. The zero-order valence-corrected chi connectivity index (χ0v) is 18.0. The van der Waals surface area contributed by atoms with E-state index in [4.69, 9.17) is 9.72 Å². The van der Waals surface area contributed by atoms with Crippen molar-refractivity contribution < 1.29 is 9.53 Å². The van der Waals surface area contributed by atoms with Gasteiger partial charge in [0.15, 0.2) is 0 Å². The predicted molar refractivity (Wildman–Crippen MR) is 119 cm³/mol. The SMILES string of the molecule is COC(=O)CCCCCn1c(C)cc(-c2csc(NNc3ccccc3)n2)c1C. The molecule has 0 saturated carbocycles. The van der Waals surface area contributed by atoms with Crippen LogP contribution in [0.4, 0.5) is 10.8 Å². The number of carbonyl (C=O) groups is 1. The Morgan fingerprint density at radius 2 is 1.93 bits per heavy atom. The lowest BCUT2D eigenvalue weighted by Crippen LogP contribution is -2.07. The maximum absolute atomic E-state index is 11.2. The topological polar surface area (TPSA) is 68.2 Å². The van der Waals surface area contributed by atoms with Gasteiger partial charge in [0.25, 0.3) is 0 Å². The molecule has 0 atom stereocenters. The van der Waals surface area contributed by atoms with E-state index in [1.807, 2.05) is 30.3 Å². The average Bonchev–Trinajstić information content (AvgIpc) is 3.31. The van der Waals surface area contributed by atoms with E-state index < -0.39 is 0 Å². The Bertz CT molecular complexity index is 934. The van der Waals surface area contributed by atoms with Crippen molar-refractivity contribution in [2.24, 2.45) is 0 Å². The molecule has 1 aromatic carbocycles. The standard InChI is InChI=1S/C22H28N4O2S/c1-16-14-19(17(2)26(16)13-9-5-8-12-21(27)28-3)20-15-29-22(23-20)25-24-18-10-6-4-7-11-18/h4,6-7,10-11,14-15,24H,5,8-9,12-13H2,1-3H3,(H,23,25).